The van der Waals surface area contributed by atoms with E-state index >= 15 is 0 Å². The molecule has 8 aromatic rings. The van der Waals surface area contributed by atoms with Crippen LogP contribution in [0.15, 0.2) is 183 Å². The lowest BCUT2D eigenvalue weighted by Gasteiger charge is -2.14. The van der Waals surface area contributed by atoms with Crippen molar-refractivity contribution in [2.75, 3.05) is 16.0 Å². The third kappa shape index (κ3) is 13.9. The number of para-hydroxylation sites is 1. The lowest BCUT2D eigenvalue weighted by Crippen LogP contribution is -2.20. The van der Waals surface area contributed by atoms with Gasteiger partial charge < -0.3 is 35.3 Å². The molecule has 35 heteroatoms. The number of carboxylic acids is 2. The van der Waals surface area contributed by atoms with Crippen molar-refractivity contribution in [1.82, 2.24) is 0 Å². The van der Waals surface area contributed by atoms with Gasteiger partial charge in [-0.25, -0.2) is 9.59 Å². The standard InChI is InChI=1S/C49H33N7O22S6/c57-45(50-26-4-2-1-3-5-26)23-10-24(46(58)51-39-8-6-27(13-37(39)48(60)61)53-55-29-15-33-35(41(17-29)81(67,68)69)19-31(79-64)20-43(33)83(73,74)75)12-25(11-23)47(59)52-40-9-7-28(14-38(40)49(62)63)54-56-30-16-34-36(42(18-30)82(70,71)72)21-32(80(65)66)22-44(34)84(76,77)78/h1-22,64H,(H,50,57)(H,51,58)(H,52,59)(H,60,61)(H,62,63)(H,65,66)(H,67,68,69)(H,70,71,72)(H,73,74,75)(H,76,77,78)/p-1. The first kappa shape index (κ1) is 61.0. The Kier molecular flexibility index (Phi) is 17.2. The third-order valence-electron chi connectivity index (χ3n) is 11.6. The van der Waals surface area contributed by atoms with Crippen LogP contribution < -0.4 is 16.0 Å². The number of benzene rings is 8. The molecule has 0 spiro atoms. The second-order valence-corrected chi connectivity index (χ2v) is 24.3. The zero-order valence-corrected chi connectivity index (χ0v) is 46.1. The zero-order valence-electron chi connectivity index (χ0n) is 41.2. The fourth-order valence-corrected chi connectivity index (χ4v) is 11.8. The van der Waals surface area contributed by atoms with Crippen LogP contribution in [0.5, 0.6) is 0 Å². The lowest BCUT2D eigenvalue weighted by atomic mass is 10.0. The SMILES string of the molecule is O=C(Nc1ccccc1)c1cc(C(=O)Nc2ccc(N=Nc3cc(S(=O)(=O)O)c4cc(SO)cc(S(=O)(=O)O)c4c3)cc2C(=O)O)cc(C(=O)Nc2ccc(N=Nc3cc(S(=O)(=O)O)c4cc(S(=O)[O-])cc(S(=O)(=O)O)c4c3)cc2C(=O)O)c1. The van der Waals surface area contributed by atoms with Crippen molar-refractivity contribution in [3.63, 3.8) is 0 Å². The number of rotatable bonds is 18. The van der Waals surface area contributed by atoms with Gasteiger partial charge >= 0.3 is 11.9 Å². The number of nitrogens with one attached hydrogen (secondary N) is 3. The van der Waals surface area contributed by atoms with E-state index in [1.807, 2.05) is 0 Å². The molecule has 0 aliphatic carbocycles. The van der Waals surface area contributed by atoms with Crippen LogP contribution in [0.25, 0.3) is 21.5 Å². The summed E-state index contributed by atoms with van der Waals surface area (Å²) in [4.78, 5) is 61.9. The van der Waals surface area contributed by atoms with Gasteiger partial charge in [-0.2, -0.15) is 54.1 Å². The zero-order chi connectivity index (χ0) is 61.4. The number of fused-ring (bicyclic) bond motifs is 2. The maximum atomic E-state index is 14.0. The summed E-state index contributed by atoms with van der Waals surface area (Å²) >= 11 is -3.16. The van der Waals surface area contributed by atoms with E-state index in [1.54, 1.807) is 18.2 Å². The molecule has 3 amide bonds. The number of nitrogens with zero attached hydrogens (tertiary/aromatic N) is 4. The molecule has 0 bridgehead atoms. The van der Waals surface area contributed by atoms with Gasteiger partial charge in [0, 0.05) is 65.8 Å². The summed E-state index contributed by atoms with van der Waals surface area (Å²) in [5.41, 5.74) is -4.70. The Balaban J connectivity index is 1.11. The molecule has 1 unspecified atom stereocenters. The first-order chi connectivity index (χ1) is 39.3. The predicted molar refractivity (Wildman–Crippen MR) is 295 cm³/mol. The Bertz CT molecular complexity index is 4740. The molecule has 0 aliphatic rings. The van der Waals surface area contributed by atoms with E-state index in [-0.39, 0.29) is 39.6 Å². The van der Waals surface area contributed by atoms with Gasteiger partial charge in [0.15, 0.2) is 0 Å². The molecule has 29 nitrogen and oxygen atoms in total. The topological polar surface area (TPSA) is 489 Å². The van der Waals surface area contributed by atoms with Crippen LogP contribution in [0.2, 0.25) is 0 Å². The molecule has 432 valence electrons. The van der Waals surface area contributed by atoms with Gasteiger partial charge in [0.05, 0.1) is 45.3 Å². The quantitative estimate of drug-likeness (QED) is 0.0166. The number of hydrogen-bond acceptors (Lipinski definition) is 21. The Labute approximate surface area is 478 Å². The van der Waals surface area contributed by atoms with Gasteiger partial charge in [-0.05, 0) is 126 Å². The second-order valence-electron chi connectivity index (χ2n) is 17.1. The lowest BCUT2D eigenvalue weighted by molar-refractivity contribution is 0.0687. The van der Waals surface area contributed by atoms with Crippen LogP contribution in [0.4, 0.5) is 39.8 Å². The molecule has 10 N–H and O–H groups in total. The maximum Gasteiger partial charge on any atom is 0.337 e. The minimum Gasteiger partial charge on any atom is -0.768 e. The smallest absolute Gasteiger partial charge is 0.337 e. The first-order valence-electron chi connectivity index (χ1n) is 22.6. The van der Waals surface area contributed by atoms with Crippen molar-refractivity contribution in [2.24, 2.45) is 20.5 Å². The normalized spacial score (nSPS) is 12.6. The van der Waals surface area contributed by atoms with Crippen molar-refractivity contribution < 1.29 is 99.4 Å². The van der Waals surface area contributed by atoms with Crippen LogP contribution in [0, 0.1) is 0 Å². The van der Waals surface area contributed by atoms with Crippen molar-refractivity contribution in [3.05, 3.63) is 161 Å². The number of azo groups is 2. The highest BCUT2D eigenvalue weighted by Crippen LogP contribution is 2.39. The van der Waals surface area contributed by atoms with E-state index in [1.165, 1.54) is 12.1 Å². The number of aromatic carboxylic acids is 2. The molecule has 0 aromatic heterocycles. The molecule has 0 radical (unpaired) electrons. The Hall–Kier alpha value is -9.11. The van der Waals surface area contributed by atoms with E-state index in [0.29, 0.717) is 18.2 Å². The molecule has 84 heavy (non-hydrogen) atoms. The number of anilines is 3. The molecule has 8 rings (SSSR count). The molecule has 1 atom stereocenters. The summed E-state index contributed by atoms with van der Waals surface area (Å²) < 4.78 is 172. The van der Waals surface area contributed by atoms with Crippen molar-refractivity contribution >= 4 is 155 Å². The average molecular weight is 1260 g/mol. The summed E-state index contributed by atoms with van der Waals surface area (Å²) in [6, 6.07) is 23.1. The molecular weight excluding hydrogens is 1230 g/mol. The molecule has 0 heterocycles. The van der Waals surface area contributed by atoms with E-state index in [4.69, 9.17) is 0 Å². The monoisotopic (exact) mass is 1260 g/mol. The van der Waals surface area contributed by atoms with Gasteiger partial charge in [-0.1, -0.05) is 18.2 Å². The largest absolute Gasteiger partial charge is 0.768 e. The number of carbonyl (C=O) groups is 5. The van der Waals surface area contributed by atoms with E-state index < -0.39 is 172 Å². The van der Waals surface area contributed by atoms with Gasteiger partial charge in [-0.3, -0.25) is 36.8 Å². The molecule has 8 aromatic carbocycles. The molecule has 0 aliphatic heterocycles. The summed E-state index contributed by atoms with van der Waals surface area (Å²) in [6.07, 6.45) is 0. The third-order valence-corrected chi connectivity index (χ3v) is 16.2. The summed E-state index contributed by atoms with van der Waals surface area (Å²) in [5.74, 6) is -6.49. The van der Waals surface area contributed by atoms with Gasteiger partial charge in [0.1, 0.15) is 19.6 Å². The van der Waals surface area contributed by atoms with Crippen LogP contribution in [-0.4, -0.2) is 105 Å². The number of amides is 3. The van der Waals surface area contributed by atoms with Crippen LogP contribution in [-0.2, 0) is 51.6 Å². The van der Waals surface area contributed by atoms with Gasteiger partial charge in [0.25, 0.3) is 58.2 Å². The highest BCUT2D eigenvalue weighted by molar-refractivity contribution is 7.94. The Morgan fingerprint density at radius 2 is 0.810 bits per heavy atom. The molecular formula is C49H32N7O22S6-. The van der Waals surface area contributed by atoms with Crippen LogP contribution >= 0.6 is 12.0 Å². The second kappa shape index (κ2) is 23.6. The Morgan fingerprint density at radius 1 is 0.440 bits per heavy atom. The van der Waals surface area contributed by atoms with E-state index in [0.717, 1.165) is 84.9 Å². The predicted octanol–water partition coefficient (Wildman–Crippen LogP) is 8.77. The summed E-state index contributed by atoms with van der Waals surface area (Å²) in [6.45, 7) is 0. The Morgan fingerprint density at radius 3 is 1.20 bits per heavy atom. The van der Waals surface area contributed by atoms with E-state index in [9.17, 15) is 99.4 Å². The minimum atomic E-state index is -5.28. The van der Waals surface area contributed by atoms with Crippen LogP contribution in [0.3, 0.4) is 0 Å². The highest BCUT2D eigenvalue weighted by Gasteiger charge is 2.27. The molecule has 0 fully saturated rings. The van der Waals surface area contributed by atoms with Gasteiger partial charge in [0.2, 0.25) is 0 Å². The maximum absolute atomic E-state index is 14.0. The number of hydrogen-bond donors (Lipinski definition) is 10. The highest BCUT2D eigenvalue weighted by atomic mass is 32.2. The van der Waals surface area contributed by atoms with Crippen LogP contribution in [0.1, 0.15) is 51.8 Å². The minimum absolute atomic E-state index is 0.00171. The number of carboxylic acid groups (broad SMARTS) is 2. The number of carbonyl (C=O) groups excluding carboxylic acids is 3. The summed E-state index contributed by atoms with van der Waals surface area (Å²) in [5, 5.41) is 40.8. The molecule has 0 saturated carbocycles. The van der Waals surface area contributed by atoms with E-state index in [2.05, 4.69) is 36.4 Å². The van der Waals surface area contributed by atoms with Crippen molar-refractivity contribution in [1.29, 1.82) is 0 Å². The fourth-order valence-electron chi connectivity index (χ4n) is 7.96. The first-order valence-corrected chi connectivity index (χ1v) is 30.2. The fraction of sp³-hybridized carbons (Fsp3) is 0. The molecule has 0 saturated heterocycles. The summed E-state index contributed by atoms with van der Waals surface area (Å²) in [7, 11) is -20.8. The van der Waals surface area contributed by atoms with Gasteiger partial charge in [-0.15, -0.1) is 0 Å². The van der Waals surface area contributed by atoms with Crippen molar-refractivity contribution in [3.8, 4) is 0 Å². The average Bonchev–Trinajstić information content (AvgIpc) is 1.83. The van der Waals surface area contributed by atoms with Crippen molar-refractivity contribution in [2.45, 2.75) is 29.4 Å².